The SMILES string of the molecule is CC1=Cc2c(cccc2-c2ccccc2O)C1.[Cl-].[Cl-].[Ti+2]. The zero-order valence-corrected chi connectivity index (χ0v) is 14.1. The summed E-state index contributed by atoms with van der Waals surface area (Å²) in [5.41, 5.74) is 6.02. The summed E-state index contributed by atoms with van der Waals surface area (Å²) in [6.45, 7) is 2.15. The molecule has 0 aliphatic heterocycles. The summed E-state index contributed by atoms with van der Waals surface area (Å²) in [5, 5.41) is 9.94. The van der Waals surface area contributed by atoms with E-state index in [1.165, 1.54) is 16.7 Å². The Kier molecular flexibility index (Phi) is 7.61. The van der Waals surface area contributed by atoms with Crippen LogP contribution in [0.1, 0.15) is 18.1 Å². The molecule has 4 heteroatoms. The molecule has 2 aromatic rings. The molecule has 0 saturated carbocycles. The van der Waals surface area contributed by atoms with Crippen molar-refractivity contribution in [1.82, 2.24) is 0 Å². The maximum absolute atomic E-state index is 9.94. The Morgan fingerprint density at radius 3 is 2.25 bits per heavy atom. The number of halogens is 2. The van der Waals surface area contributed by atoms with Gasteiger partial charge in [0.25, 0.3) is 0 Å². The van der Waals surface area contributed by atoms with Crippen LogP contribution in [0.15, 0.2) is 48.0 Å². The second-order valence-electron chi connectivity index (χ2n) is 4.56. The van der Waals surface area contributed by atoms with Crippen molar-refractivity contribution in [2.24, 2.45) is 0 Å². The van der Waals surface area contributed by atoms with Crippen LogP contribution in [0.2, 0.25) is 0 Å². The van der Waals surface area contributed by atoms with Crippen LogP contribution in [0.25, 0.3) is 17.2 Å². The number of fused-ring (bicyclic) bond motifs is 1. The number of allylic oxidation sites excluding steroid dienone is 1. The fourth-order valence-electron chi connectivity index (χ4n) is 2.47. The first-order valence-electron chi connectivity index (χ1n) is 5.83. The average molecular weight is 341 g/mol. The third-order valence-corrected chi connectivity index (χ3v) is 3.25. The van der Waals surface area contributed by atoms with Gasteiger partial charge in [0.15, 0.2) is 0 Å². The van der Waals surface area contributed by atoms with E-state index >= 15 is 0 Å². The number of benzene rings is 2. The molecule has 0 saturated heterocycles. The number of para-hydroxylation sites is 1. The molecule has 0 atom stereocenters. The predicted octanol–water partition coefficient (Wildman–Crippen LogP) is -1.98. The second-order valence-corrected chi connectivity index (χ2v) is 4.56. The average Bonchev–Trinajstić information content (AvgIpc) is 2.70. The fourth-order valence-corrected chi connectivity index (χ4v) is 2.47. The van der Waals surface area contributed by atoms with Gasteiger partial charge in [0.1, 0.15) is 5.75 Å². The molecule has 0 unspecified atom stereocenters. The molecule has 0 bridgehead atoms. The minimum Gasteiger partial charge on any atom is -1.00 e. The van der Waals surface area contributed by atoms with E-state index in [2.05, 4.69) is 31.2 Å². The summed E-state index contributed by atoms with van der Waals surface area (Å²) in [7, 11) is 0. The maximum atomic E-state index is 9.94. The van der Waals surface area contributed by atoms with Crippen LogP contribution >= 0.6 is 0 Å². The zero-order chi connectivity index (χ0) is 11.8. The molecular formula is C16H14Cl2OTi. The molecule has 0 heterocycles. The van der Waals surface area contributed by atoms with Gasteiger partial charge >= 0.3 is 21.7 Å². The third kappa shape index (κ3) is 3.48. The Balaban J connectivity index is 0.00000120. The first-order chi connectivity index (χ1) is 8.25. The molecule has 102 valence electrons. The van der Waals surface area contributed by atoms with Crippen molar-refractivity contribution < 1.29 is 51.6 Å². The molecule has 1 nitrogen and oxygen atoms in total. The summed E-state index contributed by atoms with van der Waals surface area (Å²) in [6, 6.07) is 13.8. The molecule has 0 spiro atoms. The van der Waals surface area contributed by atoms with E-state index in [1.807, 2.05) is 18.2 Å². The van der Waals surface area contributed by atoms with Gasteiger partial charge in [-0.25, -0.2) is 0 Å². The minimum absolute atomic E-state index is 0. The van der Waals surface area contributed by atoms with Gasteiger partial charge in [-0.2, -0.15) is 0 Å². The molecule has 1 N–H and O–H groups in total. The van der Waals surface area contributed by atoms with E-state index in [4.69, 9.17) is 0 Å². The number of hydrogen-bond donors (Lipinski definition) is 1. The summed E-state index contributed by atoms with van der Waals surface area (Å²) >= 11 is 0. The molecule has 0 amide bonds. The van der Waals surface area contributed by atoms with E-state index in [9.17, 15) is 5.11 Å². The van der Waals surface area contributed by atoms with Gasteiger partial charge in [-0.15, -0.1) is 0 Å². The molecular weight excluding hydrogens is 327 g/mol. The van der Waals surface area contributed by atoms with E-state index in [0.717, 1.165) is 17.5 Å². The molecule has 1 aliphatic rings. The van der Waals surface area contributed by atoms with Gasteiger partial charge in [-0.3, -0.25) is 0 Å². The normalized spacial score (nSPS) is 11.3. The van der Waals surface area contributed by atoms with Crippen molar-refractivity contribution in [2.45, 2.75) is 13.3 Å². The van der Waals surface area contributed by atoms with Gasteiger partial charge in [-0.05, 0) is 36.1 Å². The van der Waals surface area contributed by atoms with Crippen LogP contribution in [-0.2, 0) is 28.1 Å². The molecule has 2 aromatic carbocycles. The van der Waals surface area contributed by atoms with Crippen LogP contribution < -0.4 is 24.8 Å². The molecule has 0 radical (unpaired) electrons. The van der Waals surface area contributed by atoms with Crippen LogP contribution in [-0.4, -0.2) is 5.11 Å². The zero-order valence-electron chi connectivity index (χ0n) is 11.0. The molecule has 0 aromatic heterocycles. The van der Waals surface area contributed by atoms with Crippen molar-refractivity contribution in [2.75, 3.05) is 0 Å². The Labute approximate surface area is 146 Å². The van der Waals surface area contributed by atoms with Gasteiger partial charge in [0, 0.05) is 5.56 Å². The van der Waals surface area contributed by atoms with Crippen LogP contribution in [0.4, 0.5) is 0 Å². The van der Waals surface area contributed by atoms with Crippen LogP contribution in [0.3, 0.4) is 0 Å². The molecule has 20 heavy (non-hydrogen) atoms. The third-order valence-electron chi connectivity index (χ3n) is 3.25. The van der Waals surface area contributed by atoms with Crippen molar-refractivity contribution in [1.29, 1.82) is 0 Å². The quantitative estimate of drug-likeness (QED) is 0.597. The standard InChI is InChI=1S/C16H14O.2ClH.Ti/c1-11-9-12-5-4-7-13(15(12)10-11)14-6-2-3-8-16(14)17;;;/h2-8,10,17H,9H2,1H3;2*1H;/q;;;+2/p-2. The Morgan fingerprint density at radius 2 is 1.55 bits per heavy atom. The first kappa shape index (κ1) is 19.3. The summed E-state index contributed by atoms with van der Waals surface area (Å²) in [5.74, 6) is 0.346. The molecule has 3 rings (SSSR count). The topological polar surface area (TPSA) is 20.2 Å². The van der Waals surface area contributed by atoms with Gasteiger partial charge < -0.3 is 29.9 Å². The van der Waals surface area contributed by atoms with Gasteiger partial charge in [-0.1, -0.05) is 48.0 Å². The van der Waals surface area contributed by atoms with Crippen molar-refractivity contribution in [3.63, 3.8) is 0 Å². The second kappa shape index (κ2) is 7.90. The van der Waals surface area contributed by atoms with E-state index in [0.29, 0.717) is 5.75 Å². The number of phenols is 1. The van der Waals surface area contributed by atoms with Crippen molar-refractivity contribution in [3.05, 3.63) is 59.2 Å². The number of hydrogen-bond acceptors (Lipinski definition) is 1. The Hall–Kier alpha value is -0.726. The number of rotatable bonds is 1. The van der Waals surface area contributed by atoms with E-state index in [-0.39, 0.29) is 46.5 Å². The fraction of sp³-hybridized carbons (Fsp3) is 0.125. The minimum atomic E-state index is 0. The van der Waals surface area contributed by atoms with Crippen LogP contribution in [0, 0.1) is 0 Å². The van der Waals surface area contributed by atoms with Crippen molar-refractivity contribution in [3.8, 4) is 16.9 Å². The first-order valence-corrected chi connectivity index (χ1v) is 5.83. The number of phenolic OH excluding ortho intramolecular Hbond substituents is 1. The largest absolute Gasteiger partial charge is 2.00 e. The maximum Gasteiger partial charge on any atom is 2.00 e. The summed E-state index contributed by atoms with van der Waals surface area (Å²) < 4.78 is 0. The molecule has 1 aliphatic carbocycles. The van der Waals surface area contributed by atoms with Crippen LogP contribution in [0.5, 0.6) is 5.75 Å². The van der Waals surface area contributed by atoms with Gasteiger partial charge in [0.05, 0.1) is 0 Å². The predicted molar refractivity (Wildman–Crippen MR) is 70.9 cm³/mol. The Bertz CT molecular complexity index is 624. The van der Waals surface area contributed by atoms with Gasteiger partial charge in [0.2, 0.25) is 0 Å². The summed E-state index contributed by atoms with van der Waals surface area (Å²) in [6.07, 6.45) is 3.24. The van der Waals surface area contributed by atoms with E-state index in [1.54, 1.807) is 6.07 Å². The van der Waals surface area contributed by atoms with E-state index < -0.39 is 0 Å². The number of aromatic hydroxyl groups is 1. The molecule has 0 fully saturated rings. The monoisotopic (exact) mass is 340 g/mol. The smallest absolute Gasteiger partial charge is 1.00 e. The van der Waals surface area contributed by atoms with Crippen molar-refractivity contribution >= 4 is 6.08 Å². The summed E-state index contributed by atoms with van der Waals surface area (Å²) in [4.78, 5) is 0. The Morgan fingerprint density at radius 1 is 0.900 bits per heavy atom.